The first-order valence-corrected chi connectivity index (χ1v) is 11.7. The molecule has 0 aromatic heterocycles. The number of hydrogen-bond donors (Lipinski definition) is 1. The van der Waals surface area contributed by atoms with Gasteiger partial charge in [0, 0.05) is 33.9 Å². The molecule has 0 radical (unpaired) electrons. The van der Waals surface area contributed by atoms with E-state index in [-0.39, 0.29) is 12.4 Å². The maximum atomic E-state index is 13.6. The van der Waals surface area contributed by atoms with Crippen molar-refractivity contribution < 1.29 is 23.8 Å². The lowest BCUT2D eigenvalue weighted by atomic mass is 9.79. The Balaban J connectivity index is 1.56. The minimum atomic E-state index is -0.661. The number of hydrogen-bond acceptors (Lipinski definition) is 7. The number of allylic oxidation sites excluding steroid dienone is 2. The molecule has 0 unspecified atom stereocenters. The number of nitriles is 1. The van der Waals surface area contributed by atoms with E-state index in [2.05, 4.69) is 11.4 Å². The number of rotatable bonds is 6. The molecular formula is C30H24N2O5. The molecule has 3 aromatic rings. The van der Waals surface area contributed by atoms with E-state index < -0.39 is 11.9 Å². The largest absolute Gasteiger partial charge is 0.493 e. The van der Waals surface area contributed by atoms with E-state index in [0.29, 0.717) is 50.7 Å². The predicted octanol–water partition coefficient (Wildman–Crippen LogP) is 4.89. The zero-order valence-electron chi connectivity index (χ0n) is 20.6. The van der Waals surface area contributed by atoms with Crippen molar-refractivity contribution in [3.8, 4) is 17.6 Å². The molecule has 7 nitrogen and oxygen atoms in total. The van der Waals surface area contributed by atoms with Gasteiger partial charge in [0.2, 0.25) is 0 Å². The lowest BCUT2D eigenvalue weighted by Crippen LogP contribution is -2.29. The zero-order valence-corrected chi connectivity index (χ0v) is 20.6. The number of benzene rings is 3. The molecule has 1 N–H and O–H groups in total. The second-order valence-corrected chi connectivity index (χ2v) is 8.72. The Labute approximate surface area is 214 Å². The topological polar surface area (TPSA) is 97.6 Å². The van der Waals surface area contributed by atoms with Crippen LogP contribution in [0.4, 0.5) is 0 Å². The monoisotopic (exact) mass is 492 g/mol. The second-order valence-electron chi connectivity index (χ2n) is 8.72. The normalized spacial score (nSPS) is 15.9. The molecule has 1 aliphatic heterocycles. The highest BCUT2D eigenvalue weighted by atomic mass is 16.5. The van der Waals surface area contributed by atoms with E-state index in [4.69, 9.17) is 14.2 Å². The molecule has 7 heteroatoms. The fourth-order valence-electron chi connectivity index (χ4n) is 4.94. The molecule has 184 valence electrons. The molecule has 0 saturated heterocycles. The number of dihydropyridines is 1. The van der Waals surface area contributed by atoms with Gasteiger partial charge in [-0.1, -0.05) is 48.5 Å². The number of fused-ring (bicyclic) bond motifs is 2. The van der Waals surface area contributed by atoms with E-state index in [0.717, 1.165) is 11.1 Å². The van der Waals surface area contributed by atoms with Crippen molar-refractivity contribution in [1.29, 1.82) is 5.26 Å². The van der Waals surface area contributed by atoms with Crippen molar-refractivity contribution in [2.75, 3.05) is 14.2 Å². The van der Waals surface area contributed by atoms with E-state index >= 15 is 0 Å². The van der Waals surface area contributed by atoms with Crippen LogP contribution in [0.1, 0.15) is 45.5 Å². The Hall–Kier alpha value is -4.83. The first kappa shape index (κ1) is 23.9. The summed E-state index contributed by atoms with van der Waals surface area (Å²) in [4.78, 5) is 26.5. The van der Waals surface area contributed by atoms with Crippen molar-refractivity contribution in [3.63, 3.8) is 0 Å². The molecule has 5 rings (SSSR count). The number of nitrogens with one attached hydrogen (secondary N) is 1. The molecule has 0 saturated carbocycles. The van der Waals surface area contributed by atoms with Gasteiger partial charge in [0.25, 0.3) is 0 Å². The lowest BCUT2D eigenvalue weighted by molar-refractivity contribution is -0.136. The highest BCUT2D eigenvalue weighted by Gasteiger charge is 2.43. The van der Waals surface area contributed by atoms with Crippen molar-refractivity contribution in [1.82, 2.24) is 5.32 Å². The fraction of sp³-hybridized carbons (Fsp3) is 0.167. The summed E-state index contributed by atoms with van der Waals surface area (Å²) in [5.74, 6) is -0.395. The summed E-state index contributed by atoms with van der Waals surface area (Å²) >= 11 is 0. The number of carbonyl (C=O) groups excluding carboxylic acids is 2. The maximum absolute atomic E-state index is 13.6. The van der Waals surface area contributed by atoms with Crippen molar-refractivity contribution >= 4 is 17.4 Å². The Kier molecular flexibility index (Phi) is 6.24. The van der Waals surface area contributed by atoms with Gasteiger partial charge >= 0.3 is 5.97 Å². The van der Waals surface area contributed by atoms with Gasteiger partial charge in [-0.25, -0.2) is 4.79 Å². The highest BCUT2D eigenvalue weighted by Crippen LogP contribution is 2.48. The highest BCUT2D eigenvalue weighted by molar-refractivity contribution is 6.23. The van der Waals surface area contributed by atoms with Gasteiger partial charge in [-0.15, -0.1) is 0 Å². The average Bonchev–Trinajstić information content (AvgIpc) is 3.22. The van der Waals surface area contributed by atoms with Gasteiger partial charge in [-0.2, -0.15) is 5.26 Å². The lowest BCUT2D eigenvalue weighted by Gasteiger charge is -2.29. The molecule has 0 amide bonds. The van der Waals surface area contributed by atoms with Gasteiger partial charge in [0.1, 0.15) is 6.61 Å². The number of Topliss-reactive ketones (excluding diaryl/α,β-unsaturated/α-hetero) is 1. The number of methoxy groups -OCH3 is 2. The quantitative estimate of drug-likeness (QED) is 0.490. The van der Waals surface area contributed by atoms with E-state index in [1.165, 1.54) is 14.2 Å². The van der Waals surface area contributed by atoms with Gasteiger partial charge < -0.3 is 19.5 Å². The van der Waals surface area contributed by atoms with Gasteiger partial charge in [0.15, 0.2) is 17.3 Å². The van der Waals surface area contributed by atoms with Gasteiger partial charge in [-0.05, 0) is 30.7 Å². The first-order chi connectivity index (χ1) is 18.0. The van der Waals surface area contributed by atoms with Crippen LogP contribution in [0.2, 0.25) is 0 Å². The molecule has 1 atom stereocenters. The summed E-state index contributed by atoms with van der Waals surface area (Å²) in [7, 11) is 2.85. The fourth-order valence-corrected chi connectivity index (χ4v) is 4.94. The van der Waals surface area contributed by atoms with Crippen LogP contribution in [0.3, 0.4) is 0 Å². The molecule has 0 bridgehead atoms. The Morgan fingerprint density at radius 2 is 1.73 bits per heavy atom. The van der Waals surface area contributed by atoms with Gasteiger partial charge in [0.05, 0.1) is 37.1 Å². The third kappa shape index (κ3) is 4.03. The van der Waals surface area contributed by atoms with Crippen LogP contribution in [0.15, 0.2) is 83.6 Å². The molecule has 1 aliphatic carbocycles. The smallest absolute Gasteiger partial charge is 0.336 e. The van der Waals surface area contributed by atoms with E-state index in [1.54, 1.807) is 37.3 Å². The first-order valence-electron chi connectivity index (χ1n) is 11.7. The molecular weight excluding hydrogens is 468 g/mol. The van der Waals surface area contributed by atoms with E-state index in [9.17, 15) is 14.9 Å². The van der Waals surface area contributed by atoms with E-state index in [1.807, 2.05) is 36.4 Å². The Morgan fingerprint density at radius 1 is 1.00 bits per heavy atom. The Bertz CT molecular complexity index is 1540. The molecule has 3 aromatic carbocycles. The van der Waals surface area contributed by atoms with Crippen LogP contribution in [0.5, 0.6) is 11.5 Å². The number of esters is 1. The predicted molar refractivity (Wildman–Crippen MR) is 137 cm³/mol. The second kappa shape index (κ2) is 9.67. The summed E-state index contributed by atoms with van der Waals surface area (Å²) < 4.78 is 16.7. The third-order valence-electron chi connectivity index (χ3n) is 6.70. The number of ether oxygens (including phenoxy) is 3. The summed E-state index contributed by atoms with van der Waals surface area (Å²) in [5.41, 5.74) is 5.55. The van der Waals surface area contributed by atoms with Crippen LogP contribution in [-0.4, -0.2) is 26.0 Å². The molecule has 0 spiro atoms. The summed E-state index contributed by atoms with van der Waals surface area (Å²) in [6.07, 6.45) is 0. The summed E-state index contributed by atoms with van der Waals surface area (Å²) in [6, 6.07) is 22.1. The van der Waals surface area contributed by atoms with Crippen molar-refractivity contribution in [3.05, 3.63) is 111 Å². The van der Waals surface area contributed by atoms with Crippen LogP contribution in [0, 0.1) is 11.3 Å². The average molecular weight is 493 g/mol. The number of carbonyl (C=O) groups is 2. The molecule has 1 heterocycles. The Morgan fingerprint density at radius 3 is 2.46 bits per heavy atom. The minimum absolute atomic E-state index is 0.135. The molecule has 0 fully saturated rings. The summed E-state index contributed by atoms with van der Waals surface area (Å²) in [6.45, 7) is 1.98. The third-order valence-corrected chi connectivity index (χ3v) is 6.70. The molecule has 2 aliphatic rings. The standard InChI is InChI=1S/C30H24N2O5/c1-17-25(30(34)36-3)26(27-28(32-17)21-10-6-7-11-22(21)29(27)33)18-12-13-23(24(14-18)35-2)37-16-20-9-5-4-8-19(20)15-31/h4-14,26,32H,16H2,1-3H3/t26-/m1/s1. The van der Waals surface area contributed by atoms with Crippen LogP contribution in [-0.2, 0) is 16.1 Å². The van der Waals surface area contributed by atoms with Crippen LogP contribution < -0.4 is 14.8 Å². The van der Waals surface area contributed by atoms with Gasteiger partial charge in [-0.3, -0.25) is 4.79 Å². The minimum Gasteiger partial charge on any atom is -0.493 e. The maximum Gasteiger partial charge on any atom is 0.336 e. The molecule has 37 heavy (non-hydrogen) atoms. The van der Waals surface area contributed by atoms with Crippen molar-refractivity contribution in [2.24, 2.45) is 0 Å². The van der Waals surface area contributed by atoms with Crippen LogP contribution >= 0.6 is 0 Å². The number of nitrogens with zero attached hydrogens (tertiary/aromatic N) is 1. The number of ketones is 1. The zero-order chi connectivity index (χ0) is 26.1. The van der Waals surface area contributed by atoms with Crippen LogP contribution in [0.25, 0.3) is 5.70 Å². The summed E-state index contributed by atoms with van der Waals surface area (Å²) in [5, 5.41) is 12.6. The van der Waals surface area contributed by atoms with Crippen molar-refractivity contribution in [2.45, 2.75) is 19.4 Å². The SMILES string of the molecule is COC(=O)C1=C(C)NC2=C(C(=O)c3ccccc32)[C@@H]1c1ccc(OCc2ccccc2C#N)c(OC)c1.